The monoisotopic (exact) mass is 262 g/mol. The molecule has 0 aromatic rings. The first-order valence-corrected chi connectivity index (χ1v) is 6.57. The van der Waals surface area contributed by atoms with Gasteiger partial charge in [0.1, 0.15) is 0 Å². The highest BCUT2D eigenvalue weighted by Gasteiger charge is 2.21. The lowest BCUT2D eigenvalue weighted by molar-refractivity contribution is -0.131. The van der Waals surface area contributed by atoms with Gasteiger partial charge < -0.3 is 10.2 Å². The van der Waals surface area contributed by atoms with Crippen LogP contribution in [0.4, 0.5) is 0 Å². The van der Waals surface area contributed by atoms with Gasteiger partial charge in [-0.1, -0.05) is 13.8 Å². The van der Waals surface area contributed by atoms with Gasteiger partial charge in [-0.05, 0) is 38.1 Å². The fourth-order valence-electron chi connectivity index (χ4n) is 2.43. The van der Waals surface area contributed by atoms with Crippen molar-refractivity contribution in [1.29, 1.82) is 0 Å². The molecule has 1 unspecified atom stereocenters. The summed E-state index contributed by atoms with van der Waals surface area (Å²) in [6.07, 6.45) is 4.29. The van der Waals surface area contributed by atoms with Crippen molar-refractivity contribution < 1.29 is 4.79 Å². The normalized spacial score (nSPS) is 20.9. The van der Waals surface area contributed by atoms with Crippen LogP contribution in [-0.2, 0) is 4.79 Å². The second-order valence-corrected chi connectivity index (χ2v) is 5.17. The number of rotatable bonds is 4. The quantitative estimate of drug-likeness (QED) is 0.843. The Balaban J connectivity index is 0.00000256. The number of nitrogens with zero attached hydrogens (tertiary/aromatic N) is 1. The standard InChI is InChI=1S/C13H26N2O.ClH/c1-11(2)12-5-4-9-15(10-7-12)13(16)6-8-14-3;/h11-12,14H,4-10H2,1-3H3;1H. The molecule has 1 rings (SSSR count). The van der Waals surface area contributed by atoms with E-state index in [4.69, 9.17) is 0 Å². The summed E-state index contributed by atoms with van der Waals surface area (Å²) in [5.74, 6) is 1.88. The summed E-state index contributed by atoms with van der Waals surface area (Å²) >= 11 is 0. The van der Waals surface area contributed by atoms with E-state index in [2.05, 4.69) is 24.1 Å². The van der Waals surface area contributed by atoms with Gasteiger partial charge in [-0.15, -0.1) is 12.4 Å². The summed E-state index contributed by atoms with van der Waals surface area (Å²) in [6, 6.07) is 0. The molecule has 1 aliphatic heterocycles. The first kappa shape index (κ1) is 16.7. The Morgan fingerprint density at radius 3 is 2.65 bits per heavy atom. The summed E-state index contributed by atoms with van der Waals surface area (Å²) in [5.41, 5.74) is 0. The molecule has 17 heavy (non-hydrogen) atoms. The molecule has 1 saturated heterocycles. The molecule has 0 aromatic carbocycles. The van der Waals surface area contributed by atoms with Crippen molar-refractivity contribution in [2.24, 2.45) is 11.8 Å². The Kier molecular flexibility index (Phi) is 8.61. The summed E-state index contributed by atoms with van der Waals surface area (Å²) in [5, 5.41) is 3.03. The van der Waals surface area contributed by atoms with Crippen LogP contribution in [0.3, 0.4) is 0 Å². The van der Waals surface area contributed by atoms with Crippen LogP contribution in [-0.4, -0.2) is 37.5 Å². The number of halogens is 1. The van der Waals surface area contributed by atoms with Crippen LogP contribution >= 0.6 is 12.4 Å². The lowest BCUT2D eigenvalue weighted by atomic mass is 9.89. The largest absolute Gasteiger partial charge is 0.343 e. The fraction of sp³-hybridized carbons (Fsp3) is 0.923. The Morgan fingerprint density at radius 1 is 1.35 bits per heavy atom. The van der Waals surface area contributed by atoms with E-state index >= 15 is 0 Å². The number of likely N-dealkylation sites (tertiary alicyclic amines) is 1. The maximum Gasteiger partial charge on any atom is 0.223 e. The molecule has 1 aliphatic rings. The Bertz CT molecular complexity index is 221. The molecule has 1 heterocycles. The first-order valence-electron chi connectivity index (χ1n) is 6.57. The predicted octanol–water partition coefficient (Wildman–Crippen LogP) is 2.30. The van der Waals surface area contributed by atoms with E-state index in [1.165, 1.54) is 19.3 Å². The maximum atomic E-state index is 11.9. The summed E-state index contributed by atoms with van der Waals surface area (Å²) in [6.45, 7) is 7.31. The van der Waals surface area contributed by atoms with E-state index in [-0.39, 0.29) is 12.4 Å². The van der Waals surface area contributed by atoms with Gasteiger partial charge in [0.15, 0.2) is 0 Å². The van der Waals surface area contributed by atoms with Crippen molar-refractivity contribution >= 4 is 18.3 Å². The molecule has 1 amide bonds. The molecule has 0 radical (unpaired) electrons. The molecule has 0 aliphatic carbocycles. The molecule has 102 valence electrons. The number of amides is 1. The predicted molar refractivity (Wildman–Crippen MR) is 74.6 cm³/mol. The molecular formula is C13H27ClN2O. The second kappa shape index (κ2) is 8.76. The zero-order chi connectivity index (χ0) is 12.0. The van der Waals surface area contributed by atoms with E-state index < -0.39 is 0 Å². The molecule has 0 aromatic heterocycles. The molecular weight excluding hydrogens is 236 g/mol. The lowest BCUT2D eigenvalue weighted by Gasteiger charge is -2.21. The van der Waals surface area contributed by atoms with Crippen LogP contribution in [0.5, 0.6) is 0 Å². The van der Waals surface area contributed by atoms with E-state index in [9.17, 15) is 4.79 Å². The lowest BCUT2D eigenvalue weighted by Crippen LogP contribution is -2.33. The van der Waals surface area contributed by atoms with Crippen LogP contribution in [0.1, 0.15) is 39.5 Å². The van der Waals surface area contributed by atoms with Gasteiger partial charge in [0, 0.05) is 26.1 Å². The zero-order valence-corrected chi connectivity index (χ0v) is 12.2. The molecule has 0 bridgehead atoms. The fourth-order valence-corrected chi connectivity index (χ4v) is 2.43. The molecule has 1 atom stereocenters. The van der Waals surface area contributed by atoms with Gasteiger partial charge in [0.05, 0.1) is 0 Å². The average molecular weight is 263 g/mol. The summed E-state index contributed by atoms with van der Waals surface area (Å²) in [4.78, 5) is 13.9. The number of carbonyl (C=O) groups excluding carboxylic acids is 1. The van der Waals surface area contributed by atoms with Crippen LogP contribution in [0.25, 0.3) is 0 Å². The van der Waals surface area contributed by atoms with E-state index in [1.54, 1.807) is 0 Å². The van der Waals surface area contributed by atoms with Crippen molar-refractivity contribution in [3.8, 4) is 0 Å². The van der Waals surface area contributed by atoms with Crippen molar-refractivity contribution in [2.75, 3.05) is 26.7 Å². The van der Waals surface area contributed by atoms with Crippen LogP contribution in [0.2, 0.25) is 0 Å². The number of hydrogen-bond donors (Lipinski definition) is 1. The third-order valence-electron chi connectivity index (χ3n) is 3.66. The van der Waals surface area contributed by atoms with E-state index in [1.807, 2.05) is 7.05 Å². The maximum absolute atomic E-state index is 11.9. The van der Waals surface area contributed by atoms with Gasteiger partial charge in [0.2, 0.25) is 5.91 Å². The minimum Gasteiger partial charge on any atom is -0.343 e. The zero-order valence-electron chi connectivity index (χ0n) is 11.4. The average Bonchev–Trinajstić information content (AvgIpc) is 2.51. The third kappa shape index (κ3) is 5.73. The number of hydrogen-bond acceptors (Lipinski definition) is 2. The van der Waals surface area contributed by atoms with Crippen LogP contribution < -0.4 is 5.32 Å². The molecule has 1 N–H and O–H groups in total. The van der Waals surface area contributed by atoms with Gasteiger partial charge in [-0.2, -0.15) is 0 Å². The van der Waals surface area contributed by atoms with E-state index in [0.717, 1.165) is 31.5 Å². The Hall–Kier alpha value is -0.280. The minimum absolute atomic E-state index is 0. The number of nitrogens with one attached hydrogen (secondary N) is 1. The summed E-state index contributed by atoms with van der Waals surface area (Å²) in [7, 11) is 1.89. The van der Waals surface area contributed by atoms with Crippen molar-refractivity contribution in [1.82, 2.24) is 10.2 Å². The highest BCUT2D eigenvalue weighted by atomic mass is 35.5. The molecule has 1 fully saturated rings. The summed E-state index contributed by atoms with van der Waals surface area (Å²) < 4.78 is 0. The molecule has 0 spiro atoms. The minimum atomic E-state index is 0. The van der Waals surface area contributed by atoms with Gasteiger partial charge in [-0.3, -0.25) is 4.79 Å². The third-order valence-corrected chi connectivity index (χ3v) is 3.66. The topological polar surface area (TPSA) is 32.3 Å². The Morgan fingerprint density at radius 2 is 2.06 bits per heavy atom. The number of carbonyl (C=O) groups is 1. The molecule has 3 nitrogen and oxygen atoms in total. The Labute approximate surface area is 112 Å². The van der Waals surface area contributed by atoms with Gasteiger partial charge in [0.25, 0.3) is 0 Å². The van der Waals surface area contributed by atoms with Crippen molar-refractivity contribution in [3.05, 3.63) is 0 Å². The second-order valence-electron chi connectivity index (χ2n) is 5.17. The van der Waals surface area contributed by atoms with E-state index in [0.29, 0.717) is 12.3 Å². The highest BCUT2D eigenvalue weighted by molar-refractivity contribution is 5.85. The molecule has 4 heteroatoms. The van der Waals surface area contributed by atoms with Gasteiger partial charge >= 0.3 is 0 Å². The highest BCUT2D eigenvalue weighted by Crippen LogP contribution is 2.24. The van der Waals surface area contributed by atoms with Crippen LogP contribution in [0.15, 0.2) is 0 Å². The van der Waals surface area contributed by atoms with Crippen LogP contribution in [0, 0.1) is 11.8 Å². The molecule has 0 saturated carbocycles. The smallest absolute Gasteiger partial charge is 0.223 e. The first-order chi connectivity index (χ1) is 7.65. The SMILES string of the molecule is CNCCC(=O)N1CCCC(C(C)C)CC1.Cl. The van der Waals surface area contributed by atoms with Crippen molar-refractivity contribution in [3.63, 3.8) is 0 Å². The van der Waals surface area contributed by atoms with Gasteiger partial charge in [-0.25, -0.2) is 0 Å². The van der Waals surface area contributed by atoms with Crippen molar-refractivity contribution in [2.45, 2.75) is 39.5 Å².